The van der Waals surface area contributed by atoms with Crippen LogP contribution in [0.3, 0.4) is 0 Å². The number of nitriles is 1. The molecule has 2 saturated carbocycles. The van der Waals surface area contributed by atoms with E-state index in [1.54, 1.807) is 0 Å². The second-order valence-electron chi connectivity index (χ2n) is 10.5. The Balaban J connectivity index is 1.60. The van der Waals surface area contributed by atoms with E-state index in [0.717, 1.165) is 17.8 Å². The van der Waals surface area contributed by atoms with Gasteiger partial charge in [0.2, 0.25) is 0 Å². The molecule has 0 amide bonds. The molecule has 0 aromatic rings. The molecule has 2 rings (SSSR count). The quantitative estimate of drug-likeness (QED) is 0.289. The van der Waals surface area contributed by atoms with E-state index in [-0.39, 0.29) is 5.41 Å². The molecule has 2 aliphatic carbocycles. The van der Waals surface area contributed by atoms with Crippen molar-refractivity contribution in [3.05, 3.63) is 0 Å². The van der Waals surface area contributed by atoms with Gasteiger partial charge in [0.25, 0.3) is 0 Å². The molecule has 162 valence electrons. The van der Waals surface area contributed by atoms with Crippen molar-refractivity contribution < 1.29 is 0 Å². The maximum atomic E-state index is 9.92. The molecule has 0 aromatic heterocycles. The number of unbranched alkanes of at least 4 members (excludes halogenated alkanes) is 6. The molecule has 28 heavy (non-hydrogen) atoms. The molecule has 0 spiro atoms. The van der Waals surface area contributed by atoms with Crippen molar-refractivity contribution in [2.24, 2.45) is 23.2 Å². The molecule has 1 nitrogen and oxygen atoms in total. The van der Waals surface area contributed by atoms with Crippen LogP contribution in [0.4, 0.5) is 0 Å². The fourth-order valence-corrected chi connectivity index (χ4v) is 5.95. The van der Waals surface area contributed by atoms with Crippen LogP contribution in [-0.2, 0) is 0 Å². The number of hydrogen-bond donors (Lipinski definition) is 0. The predicted molar refractivity (Wildman–Crippen MR) is 122 cm³/mol. The summed E-state index contributed by atoms with van der Waals surface area (Å²) in [4.78, 5) is 0. The highest BCUT2D eigenvalue weighted by Crippen LogP contribution is 2.45. The normalized spacial score (nSPS) is 30.8. The van der Waals surface area contributed by atoms with Crippen LogP contribution < -0.4 is 0 Å². The minimum atomic E-state index is 0.0391. The van der Waals surface area contributed by atoms with E-state index >= 15 is 0 Å². The Labute approximate surface area is 177 Å². The van der Waals surface area contributed by atoms with Crippen LogP contribution >= 0.6 is 0 Å². The van der Waals surface area contributed by atoms with E-state index in [2.05, 4.69) is 19.9 Å². The number of hydrogen-bond acceptors (Lipinski definition) is 1. The number of nitrogens with zero attached hydrogens (tertiary/aromatic N) is 1. The standard InChI is InChI=1S/C27H49N/c1-3-5-7-8-10-12-24-13-15-26(16-14-24)19-22-27(23-28)20-17-25(18-21-27)11-9-6-4-2/h24-26H,3-22H2,1-2H3/t24-,25-,26-,27-. The smallest absolute Gasteiger partial charge is 0.0689 e. The zero-order valence-electron chi connectivity index (χ0n) is 19.3. The van der Waals surface area contributed by atoms with Crippen molar-refractivity contribution in [3.63, 3.8) is 0 Å². The molecule has 2 aliphatic rings. The molecular formula is C27H49N. The van der Waals surface area contributed by atoms with Crippen molar-refractivity contribution in [2.75, 3.05) is 0 Å². The molecule has 2 fully saturated rings. The fourth-order valence-electron chi connectivity index (χ4n) is 5.95. The van der Waals surface area contributed by atoms with E-state index in [0.29, 0.717) is 0 Å². The van der Waals surface area contributed by atoms with E-state index < -0.39 is 0 Å². The Kier molecular flexibility index (Phi) is 11.6. The zero-order chi connectivity index (χ0) is 20.1. The lowest BCUT2D eigenvalue weighted by Gasteiger charge is -2.37. The average Bonchev–Trinajstić information content (AvgIpc) is 2.74. The predicted octanol–water partition coefficient (Wildman–Crippen LogP) is 9.21. The largest absolute Gasteiger partial charge is 0.198 e. The third-order valence-electron chi connectivity index (χ3n) is 8.23. The van der Waals surface area contributed by atoms with E-state index in [1.807, 2.05) is 0 Å². The van der Waals surface area contributed by atoms with Crippen molar-refractivity contribution >= 4 is 0 Å². The Morgan fingerprint density at radius 3 is 1.68 bits per heavy atom. The van der Waals surface area contributed by atoms with E-state index in [4.69, 9.17) is 0 Å². The lowest BCUT2D eigenvalue weighted by molar-refractivity contribution is 0.162. The minimum Gasteiger partial charge on any atom is -0.198 e. The molecule has 0 N–H and O–H groups in total. The summed E-state index contributed by atoms with van der Waals surface area (Å²) in [5, 5.41) is 9.92. The highest BCUT2D eigenvalue weighted by atomic mass is 14.4. The van der Waals surface area contributed by atoms with E-state index in [1.165, 1.54) is 128 Å². The van der Waals surface area contributed by atoms with Gasteiger partial charge in [0, 0.05) is 0 Å². The molecule has 0 radical (unpaired) electrons. The zero-order valence-corrected chi connectivity index (χ0v) is 19.3. The molecule has 0 aromatic carbocycles. The number of rotatable bonds is 13. The minimum absolute atomic E-state index is 0.0391. The SMILES string of the molecule is CCCCCCC[C@H]1CC[C@H](CC[C@]2(C#N)CC[C@H](CCCCC)CC2)CC1. The molecule has 0 heterocycles. The van der Waals surface area contributed by atoms with Crippen LogP contribution in [0.5, 0.6) is 0 Å². The topological polar surface area (TPSA) is 23.8 Å². The summed E-state index contributed by atoms with van der Waals surface area (Å²) in [6, 6.07) is 2.80. The van der Waals surface area contributed by atoms with Gasteiger partial charge in [0.1, 0.15) is 0 Å². The lowest BCUT2D eigenvalue weighted by Crippen LogP contribution is -2.27. The van der Waals surface area contributed by atoms with Gasteiger partial charge < -0.3 is 0 Å². The maximum absolute atomic E-state index is 9.92. The molecular weight excluding hydrogens is 338 g/mol. The molecule has 0 saturated heterocycles. The summed E-state index contributed by atoms with van der Waals surface area (Å²) >= 11 is 0. The molecule has 1 heteroatoms. The van der Waals surface area contributed by atoms with E-state index in [9.17, 15) is 5.26 Å². The first-order chi connectivity index (χ1) is 13.7. The van der Waals surface area contributed by atoms with Crippen molar-refractivity contribution in [2.45, 2.75) is 142 Å². The van der Waals surface area contributed by atoms with Gasteiger partial charge in [-0.25, -0.2) is 0 Å². The van der Waals surface area contributed by atoms with Crippen LogP contribution in [0.2, 0.25) is 0 Å². The summed E-state index contributed by atoms with van der Waals surface area (Å²) in [5.74, 6) is 2.85. The monoisotopic (exact) mass is 387 g/mol. The second-order valence-corrected chi connectivity index (χ2v) is 10.5. The molecule has 0 bridgehead atoms. The summed E-state index contributed by atoms with van der Waals surface area (Å²) in [6.45, 7) is 4.60. The third kappa shape index (κ3) is 8.47. The van der Waals surface area contributed by atoms with Crippen LogP contribution in [0.25, 0.3) is 0 Å². The Hall–Kier alpha value is -0.510. The van der Waals surface area contributed by atoms with Gasteiger partial charge in [-0.2, -0.15) is 5.26 Å². The van der Waals surface area contributed by atoms with Gasteiger partial charge in [-0.15, -0.1) is 0 Å². The van der Waals surface area contributed by atoms with Crippen LogP contribution in [0.1, 0.15) is 142 Å². The maximum Gasteiger partial charge on any atom is 0.0689 e. The van der Waals surface area contributed by atoms with Gasteiger partial charge >= 0.3 is 0 Å². The van der Waals surface area contributed by atoms with Gasteiger partial charge in [-0.3, -0.25) is 0 Å². The molecule has 0 aliphatic heterocycles. The molecule has 0 unspecified atom stereocenters. The summed E-state index contributed by atoms with van der Waals surface area (Å²) < 4.78 is 0. The summed E-state index contributed by atoms with van der Waals surface area (Å²) in [6.07, 6.45) is 27.5. The summed E-state index contributed by atoms with van der Waals surface area (Å²) in [7, 11) is 0. The van der Waals surface area contributed by atoms with Gasteiger partial charge in [-0.1, -0.05) is 104 Å². The summed E-state index contributed by atoms with van der Waals surface area (Å²) in [5.41, 5.74) is 0.0391. The lowest BCUT2D eigenvalue weighted by atomic mass is 9.66. The van der Waals surface area contributed by atoms with Crippen molar-refractivity contribution in [3.8, 4) is 6.07 Å². The van der Waals surface area contributed by atoms with Crippen molar-refractivity contribution in [1.29, 1.82) is 5.26 Å². The first-order valence-electron chi connectivity index (χ1n) is 13.1. The van der Waals surface area contributed by atoms with Gasteiger partial charge in [0.15, 0.2) is 0 Å². The fraction of sp³-hybridized carbons (Fsp3) is 0.963. The van der Waals surface area contributed by atoms with Gasteiger partial charge in [-0.05, 0) is 56.3 Å². The van der Waals surface area contributed by atoms with Crippen LogP contribution in [-0.4, -0.2) is 0 Å². The van der Waals surface area contributed by atoms with Crippen LogP contribution in [0.15, 0.2) is 0 Å². The Morgan fingerprint density at radius 2 is 1.11 bits per heavy atom. The first-order valence-corrected chi connectivity index (χ1v) is 13.1. The second kappa shape index (κ2) is 13.7. The first kappa shape index (κ1) is 23.8. The Morgan fingerprint density at radius 1 is 0.643 bits per heavy atom. The Bertz CT molecular complexity index is 418. The molecule has 0 atom stereocenters. The highest BCUT2D eigenvalue weighted by molar-refractivity contribution is 5.01. The van der Waals surface area contributed by atoms with Crippen LogP contribution in [0, 0.1) is 34.5 Å². The van der Waals surface area contributed by atoms with Gasteiger partial charge in [0.05, 0.1) is 11.5 Å². The third-order valence-corrected chi connectivity index (χ3v) is 8.23. The van der Waals surface area contributed by atoms with Crippen molar-refractivity contribution in [1.82, 2.24) is 0 Å². The average molecular weight is 388 g/mol. The highest BCUT2D eigenvalue weighted by Gasteiger charge is 2.36.